The normalized spacial score (nSPS) is 11.9. The lowest BCUT2D eigenvalue weighted by atomic mass is 10.1. The highest BCUT2D eigenvalue weighted by atomic mass is 19.1. The predicted molar refractivity (Wildman–Crippen MR) is 73.4 cm³/mol. The molecule has 0 saturated heterocycles. The van der Waals surface area contributed by atoms with E-state index < -0.39 is 5.91 Å². The lowest BCUT2D eigenvalue weighted by Gasteiger charge is -2.16. The molecule has 3 nitrogen and oxygen atoms in total. The summed E-state index contributed by atoms with van der Waals surface area (Å²) in [6.07, 6.45) is 0. The van der Waals surface area contributed by atoms with Gasteiger partial charge in [0, 0.05) is 17.3 Å². The number of benzene rings is 2. The van der Waals surface area contributed by atoms with E-state index in [1.165, 1.54) is 12.1 Å². The molecule has 2 rings (SSSR count). The third-order valence-electron chi connectivity index (χ3n) is 2.90. The van der Waals surface area contributed by atoms with E-state index >= 15 is 0 Å². The Balaban J connectivity index is 2.14. The van der Waals surface area contributed by atoms with Crippen LogP contribution in [-0.2, 0) is 0 Å². The van der Waals surface area contributed by atoms with Gasteiger partial charge in [-0.1, -0.05) is 18.2 Å². The fourth-order valence-electron chi connectivity index (χ4n) is 1.85. The molecule has 0 aliphatic carbocycles. The molecule has 3 N–H and O–H groups in total. The molecule has 2 aromatic carbocycles. The second-order valence-corrected chi connectivity index (χ2v) is 4.36. The summed E-state index contributed by atoms with van der Waals surface area (Å²) < 4.78 is 12.8. The standard InChI is InChI=1S/C15H15FN2O/c1-10(11-5-7-13(16)8-6-11)18-14-4-2-3-12(9-14)15(17)19/h2-10,18H,1H3,(H2,17,19)/t10-/m1/s1. The van der Waals surface area contributed by atoms with Gasteiger partial charge in [0.25, 0.3) is 0 Å². The van der Waals surface area contributed by atoms with Crippen molar-refractivity contribution in [2.24, 2.45) is 5.73 Å². The van der Waals surface area contributed by atoms with Crippen molar-refractivity contribution >= 4 is 11.6 Å². The molecule has 0 radical (unpaired) electrons. The van der Waals surface area contributed by atoms with Crippen molar-refractivity contribution in [2.45, 2.75) is 13.0 Å². The minimum atomic E-state index is -0.460. The number of primary amides is 1. The average molecular weight is 258 g/mol. The lowest BCUT2D eigenvalue weighted by molar-refractivity contribution is 0.100. The van der Waals surface area contributed by atoms with Gasteiger partial charge in [0.2, 0.25) is 5.91 Å². The van der Waals surface area contributed by atoms with Crippen LogP contribution in [0, 0.1) is 5.82 Å². The van der Waals surface area contributed by atoms with Gasteiger partial charge in [-0.15, -0.1) is 0 Å². The lowest BCUT2D eigenvalue weighted by Crippen LogP contribution is -2.12. The SMILES string of the molecule is C[C@@H](Nc1cccc(C(N)=O)c1)c1ccc(F)cc1. The Morgan fingerprint density at radius 3 is 2.53 bits per heavy atom. The van der Waals surface area contributed by atoms with Gasteiger partial charge in [0.15, 0.2) is 0 Å². The molecule has 0 heterocycles. The summed E-state index contributed by atoms with van der Waals surface area (Å²) >= 11 is 0. The molecular weight excluding hydrogens is 243 g/mol. The molecule has 0 aliphatic heterocycles. The van der Waals surface area contributed by atoms with Gasteiger partial charge in [-0.25, -0.2) is 4.39 Å². The molecule has 0 aliphatic rings. The van der Waals surface area contributed by atoms with Crippen molar-refractivity contribution in [2.75, 3.05) is 5.32 Å². The summed E-state index contributed by atoms with van der Waals surface area (Å²) in [5, 5.41) is 3.24. The maximum atomic E-state index is 12.8. The second-order valence-electron chi connectivity index (χ2n) is 4.36. The topological polar surface area (TPSA) is 55.1 Å². The zero-order valence-electron chi connectivity index (χ0n) is 10.6. The van der Waals surface area contributed by atoms with Gasteiger partial charge in [0.05, 0.1) is 0 Å². The molecule has 1 atom stereocenters. The maximum absolute atomic E-state index is 12.8. The maximum Gasteiger partial charge on any atom is 0.248 e. The largest absolute Gasteiger partial charge is 0.379 e. The Hall–Kier alpha value is -2.36. The summed E-state index contributed by atoms with van der Waals surface area (Å²) in [5.41, 5.74) is 7.45. The average Bonchev–Trinajstić information content (AvgIpc) is 2.39. The quantitative estimate of drug-likeness (QED) is 0.885. The molecule has 0 aromatic heterocycles. The highest BCUT2D eigenvalue weighted by Crippen LogP contribution is 2.20. The van der Waals surface area contributed by atoms with Crippen molar-refractivity contribution in [1.82, 2.24) is 0 Å². The Morgan fingerprint density at radius 1 is 1.21 bits per heavy atom. The number of nitrogens with one attached hydrogen (secondary N) is 1. The van der Waals surface area contributed by atoms with Crippen LogP contribution in [0.25, 0.3) is 0 Å². The van der Waals surface area contributed by atoms with Crippen molar-refractivity contribution in [1.29, 1.82) is 0 Å². The van der Waals surface area contributed by atoms with Crippen molar-refractivity contribution in [3.05, 3.63) is 65.5 Å². The van der Waals surface area contributed by atoms with E-state index in [4.69, 9.17) is 5.73 Å². The molecule has 1 amide bonds. The van der Waals surface area contributed by atoms with Crippen LogP contribution in [0.4, 0.5) is 10.1 Å². The first-order valence-corrected chi connectivity index (χ1v) is 5.98. The summed E-state index contributed by atoms with van der Waals surface area (Å²) in [4.78, 5) is 11.1. The highest BCUT2D eigenvalue weighted by Gasteiger charge is 2.07. The molecule has 0 fully saturated rings. The summed E-state index contributed by atoms with van der Waals surface area (Å²) in [7, 11) is 0. The first-order valence-electron chi connectivity index (χ1n) is 5.98. The smallest absolute Gasteiger partial charge is 0.248 e. The van der Waals surface area contributed by atoms with E-state index in [0.29, 0.717) is 5.56 Å². The number of anilines is 1. The van der Waals surface area contributed by atoms with E-state index in [-0.39, 0.29) is 11.9 Å². The fraction of sp³-hybridized carbons (Fsp3) is 0.133. The van der Waals surface area contributed by atoms with Crippen molar-refractivity contribution in [3.63, 3.8) is 0 Å². The summed E-state index contributed by atoms with van der Waals surface area (Å²) in [5.74, 6) is -0.718. The predicted octanol–water partition coefficient (Wildman–Crippen LogP) is 3.10. The van der Waals surface area contributed by atoms with Crippen molar-refractivity contribution in [3.8, 4) is 0 Å². The minimum Gasteiger partial charge on any atom is -0.379 e. The number of amides is 1. The van der Waals surface area contributed by atoms with Crippen LogP contribution in [0.15, 0.2) is 48.5 Å². The molecule has 0 unspecified atom stereocenters. The van der Waals surface area contributed by atoms with Gasteiger partial charge in [-0.2, -0.15) is 0 Å². The first kappa shape index (κ1) is 13.1. The van der Waals surface area contributed by atoms with Crippen LogP contribution in [0.5, 0.6) is 0 Å². The van der Waals surface area contributed by atoms with Gasteiger partial charge in [0.1, 0.15) is 5.82 Å². The van der Waals surface area contributed by atoms with E-state index in [1.807, 2.05) is 13.0 Å². The zero-order valence-corrected chi connectivity index (χ0v) is 10.6. The molecule has 98 valence electrons. The van der Waals surface area contributed by atoms with Crippen LogP contribution in [0.1, 0.15) is 28.9 Å². The van der Waals surface area contributed by atoms with Crippen molar-refractivity contribution < 1.29 is 9.18 Å². The Labute approximate surface area is 111 Å². The molecule has 2 aromatic rings. The monoisotopic (exact) mass is 258 g/mol. The molecule has 19 heavy (non-hydrogen) atoms. The minimum absolute atomic E-state index is 0.00345. The number of carbonyl (C=O) groups is 1. The number of carbonyl (C=O) groups excluding carboxylic acids is 1. The zero-order chi connectivity index (χ0) is 13.8. The molecule has 0 saturated carbocycles. The van der Waals surface area contributed by atoms with Crippen LogP contribution in [-0.4, -0.2) is 5.91 Å². The van der Waals surface area contributed by atoms with Crippen LogP contribution >= 0.6 is 0 Å². The third kappa shape index (κ3) is 3.31. The Bertz CT molecular complexity index is 581. The number of hydrogen-bond acceptors (Lipinski definition) is 2. The Morgan fingerprint density at radius 2 is 1.89 bits per heavy atom. The number of rotatable bonds is 4. The fourth-order valence-corrected chi connectivity index (χ4v) is 1.85. The molecular formula is C15H15FN2O. The second kappa shape index (κ2) is 5.52. The van der Waals surface area contributed by atoms with E-state index in [1.54, 1.807) is 30.3 Å². The van der Waals surface area contributed by atoms with Gasteiger partial charge < -0.3 is 11.1 Å². The third-order valence-corrected chi connectivity index (χ3v) is 2.90. The van der Waals surface area contributed by atoms with Crippen LogP contribution in [0.2, 0.25) is 0 Å². The van der Waals surface area contributed by atoms with Gasteiger partial charge >= 0.3 is 0 Å². The number of halogens is 1. The molecule has 0 bridgehead atoms. The Kier molecular flexibility index (Phi) is 3.80. The van der Waals surface area contributed by atoms with Gasteiger partial charge in [-0.05, 0) is 42.8 Å². The number of hydrogen-bond donors (Lipinski definition) is 2. The summed E-state index contributed by atoms with van der Waals surface area (Å²) in [6, 6.07) is 13.3. The summed E-state index contributed by atoms with van der Waals surface area (Å²) in [6.45, 7) is 1.96. The van der Waals surface area contributed by atoms with Crippen LogP contribution < -0.4 is 11.1 Å². The molecule has 4 heteroatoms. The van der Waals surface area contributed by atoms with Crippen LogP contribution in [0.3, 0.4) is 0 Å². The first-order chi connectivity index (χ1) is 9.06. The van der Waals surface area contributed by atoms with Gasteiger partial charge in [-0.3, -0.25) is 4.79 Å². The van der Waals surface area contributed by atoms with E-state index in [2.05, 4.69) is 5.32 Å². The van der Waals surface area contributed by atoms with E-state index in [0.717, 1.165) is 11.3 Å². The van der Waals surface area contributed by atoms with E-state index in [9.17, 15) is 9.18 Å². The highest BCUT2D eigenvalue weighted by molar-refractivity contribution is 5.93. The molecule has 0 spiro atoms. The number of nitrogens with two attached hydrogens (primary N) is 1.